The van der Waals surface area contributed by atoms with Gasteiger partial charge in [-0.1, -0.05) is 0 Å². The monoisotopic (exact) mass is 347 g/mol. The molecule has 0 bridgehead atoms. The molecule has 3 rings (SSSR count). The lowest BCUT2D eigenvalue weighted by atomic mass is 10.2. The summed E-state index contributed by atoms with van der Waals surface area (Å²) in [4.78, 5) is 32.2. The number of carbonyl (C=O) groups is 1. The molecular formula is C16H21N5O2S. The van der Waals surface area contributed by atoms with Crippen LogP contribution >= 0.6 is 11.3 Å². The molecule has 0 aliphatic carbocycles. The molecule has 7 nitrogen and oxygen atoms in total. The molecule has 3 heterocycles. The van der Waals surface area contributed by atoms with Crippen molar-refractivity contribution in [2.45, 2.75) is 25.8 Å². The Hall–Kier alpha value is -2.19. The first-order valence-electron chi connectivity index (χ1n) is 8.05. The number of aryl methyl sites for hydroxylation is 1. The van der Waals surface area contributed by atoms with Crippen molar-refractivity contribution >= 4 is 23.2 Å². The molecule has 0 saturated carbocycles. The topological polar surface area (TPSA) is 98.9 Å². The summed E-state index contributed by atoms with van der Waals surface area (Å²) in [7, 11) is 0. The van der Waals surface area contributed by atoms with Crippen LogP contribution < -0.4 is 21.5 Å². The average Bonchev–Trinajstić information content (AvgIpc) is 3.20. The zero-order valence-electron chi connectivity index (χ0n) is 13.5. The van der Waals surface area contributed by atoms with E-state index in [0.29, 0.717) is 30.8 Å². The van der Waals surface area contributed by atoms with Crippen molar-refractivity contribution in [2.24, 2.45) is 0 Å². The van der Waals surface area contributed by atoms with E-state index in [-0.39, 0.29) is 11.5 Å². The highest BCUT2D eigenvalue weighted by Crippen LogP contribution is 2.29. The van der Waals surface area contributed by atoms with Gasteiger partial charge in [-0.3, -0.25) is 14.6 Å². The highest BCUT2D eigenvalue weighted by atomic mass is 32.1. The van der Waals surface area contributed by atoms with E-state index in [0.717, 1.165) is 17.8 Å². The van der Waals surface area contributed by atoms with E-state index in [1.54, 1.807) is 18.3 Å². The van der Waals surface area contributed by atoms with Gasteiger partial charge in [0.15, 0.2) is 0 Å². The van der Waals surface area contributed by atoms with Crippen molar-refractivity contribution in [3.05, 3.63) is 44.0 Å². The van der Waals surface area contributed by atoms with E-state index < -0.39 is 0 Å². The Morgan fingerprint density at radius 3 is 3.04 bits per heavy atom. The van der Waals surface area contributed by atoms with Crippen molar-refractivity contribution < 1.29 is 4.79 Å². The van der Waals surface area contributed by atoms with E-state index in [9.17, 15) is 9.59 Å². The van der Waals surface area contributed by atoms with Crippen molar-refractivity contribution in [2.75, 3.05) is 25.0 Å². The Morgan fingerprint density at radius 2 is 2.29 bits per heavy atom. The number of carbonyl (C=O) groups excluding carboxylic acids is 1. The lowest BCUT2D eigenvalue weighted by molar-refractivity contribution is 0.0959. The van der Waals surface area contributed by atoms with Crippen molar-refractivity contribution in [1.82, 2.24) is 20.6 Å². The smallest absolute Gasteiger partial charge is 0.261 e. The summed E-state index contributed by atoms with van der Waals surface area (Å²) in [5, 5.41) is 9.30. The predicted octanol–water partition coefficient (Wildman–Crippen LogP) is 1.41. The Labute approximate surface area is 143 Å². The molecular weight excluding hydrogens is 326 g/mol. The van der Waals surface area contributed by atoms with E-state index in [4.69, 9.17) is 0 Å². The highest BCUT2D eigenvalue weighted by molar-refractivity contribution is 7.14. The summed E-state index contributed by atoms with van der Waals surface area (Å²) in [6, 6.07) is 5.73. The largest absolute Gasteiger partial charge is 0.354 e. The fraction of sp³-hybridized carbons (Fsp3) is 0.438. The zero-order valence-corrected chi connectivity index (χ0v) is 14.3. The number of rotatable bonds is 6. The maximum absolute atomic E-state index is 12.2. The quantitative estimate of drug-likeness (QED) is 0.592. The molecule has 1 amide bonds. The first-order valence-corrected chi connectivity index (χ1v) is 8.86. The number of anilines is 1. The number of nitrogens with one attached hydrogen (secondary N) is 4. The summed E-state index contributed by atoms with van der Waals surface area (Å²) < 4.78 is 0. The first kappa shape index (κ1) is 16.7. The van der Waals surface area contributed by atoms with Gasteiger partial charge >= 0.3 is 0 Å². The third kappa shape index (κ3) is 4.21. The number of H-pyrrole nitrogens is 1. The lowest BCUT2D eigenvalue weighted by Gasteiger charge is -2.07. The van der Waals surface area contributed by atoms with E-state index >= 15 is 0 Å². The van der Waals surface area contributed by atoms with Crippen LogP contribution in [0.25, 0.3) is 0 Å². The molecule has 1 fully saturated rings. The van der Waals surface area contributed by atoms with Gasteiger partial charge in [-0.05, 0) is 38.4 Å². The van der Waals surface area contributed by atoms with Crippen LogP contribution in [0, 0.1) is 6.92 Å². The number of aromatic nitrogens is 2. The first-order chi connectivity index (χ1) is 11.6. The zero-order chi connectivity index (χ0) is 16.9. The van der Waals surface area contributed by atoms with Gasteiger partial charge in [-0.2, -0.15) is 0 Å². The van der Waals surface area contributed by atoms with Crippen LogP contribution in [0.2, 0.25) is 0 Å². The number of nitrogens with zero attached hydrogens (tertiary/aromatic N) is 1. The van der Waals surface area contributed by atoms with Crippen LogP contribution in [0.5, 0.6) is 0 Å². The molecule has 0 aromatic carbocycles. The second-order valence-corrected chi connectivity index (χ2v) is 6.88. The molecule has 4 N–H and O–H groups in total. The number of thiophene rings is 1. The minimum absolute atomic E-state index is 0.0725. The minimum atomic E-state index is -0.194. The Morgan fingerprint density at radius 1 is 1.42 bits per heavy atom. The lowest BCUT2D eigenvalue weighted by Crippen LogP contribution is -2.28. The molecule has 0 spiro atoms. The third-order valence-electron chi connectivity index (χ3n) is 3.83. The van der Waals surface area contributed by atoms with Gasteiger partial charge in [0.25, 0.3) is 11.5 Å². The summed E-state index contributed by atoms with van der Waals surface area (Å²) in [6.07, 6.45) is 2.32. The fourth-order valence-electron chi connectivity index (χ4n) is 2.70. The SMILES string of the molecule is Cc1cc(=O)[nH]c(NCCNC(=O)c2ccc(C3CCCN3)s2)n1. The van der Waals surface area contributed by atoms with Crippen LogP contribution in [-0.4, -0.2) is 35.5 Å². The maximum Gasteiger partial charge on any atom is 0.261 e. The van der Waals surface area contributed by atoms with Crippen LogP contribution in [0.4, 0.5) is 5.95 Å². The van der Waals surface area contributed by atoms with Crippen LogP contribution in [-0.2, 0) is 0 Å². The van der Waals surface area contributed by atoms with Crippen LogP contribution in [0.3, 0.4) is 0 Å². The van der Waals surface area contributed by atoms with Gasteiger partial charge in [0.1, 0.15) is 0 Å². The number of hydrogen-bond acceptors (Lipinski definition) is 6. The number of amides is 1. The standard InChI is InChI=1S/C16H21N5O2S/c1-10-9-14(22)21-16(20-10)19-8-7-18-15(23)13-5-4-12(24-13)11-3-2-6-17-11/h4-5,9,11,17H,2-3,6-8H2,1H3,(H,18,23)(H2,19,20,21,22). The molecule has 1 saturated heterocycles. The summed E-state index contributed by atoms with van der Waals surface area (Å²) in [5.41, 5.74) is 0.456. The van der Waals surface area contributed by atoms with E-state index in [1.165, 1.54) is 17.4 Å². The predicted molar refractivity (Wildman–Crippen MR) is 94.7 cm³/mol. The van der Waals surface area contributed by atoms with Crippen LogP contribution in [0.15, 0.2) is 23.0 Å². The van der Waals surface area contributed by atoms with Gasteiger partial charge < -0.3 is 16.0 Å². The number of aromatic amines is 1. The molecule has 8 heteroatoms. The average molecular weight is 347 g/mol. The van der Waals surface area contributed by atoms with E-state index in [2.05, 4.69) is 25.9 Å². The maximum atomic E-state index is 12.2. The van der Waals surface area contributed by atoms with Gasteiger partial charge in [0.2, 0.25) is 5.95 Å². The van der Waals surface area contributed by atoms with Gasteiger partial charge in [-0.25, -0.2) is 4.98 Å². The van der Waals surface area contributed by atoms with Crippen molar-refractivity contribution in [3.8, 4) is 0 Å². The molecule has 1 unspecified atom stereocenters. The Balaban J connectivity index is 1.46. The molecule has 2 aromatic heterocycles. The molecule has 1 atom stereocenters. The molecule has 128 valence electrons. The summed E-state index contributed by atoms with van der Waals surface area (Å²) >= 11 is 1.54. The van der Waals surface area contributed by atoms with E-state index in [1.807, 2.05) is 12.1 Å². The molecule has 2 aromatic rings. The second kappa shape index (κ2) is 7.59. The van der Waals surface area contributed by atoms with Gasteiger partial charge in [-0.15, -0.1) is 11.3 Å². The molecule has 1 aliphatic rings. The van der Waals surface area contributed by atoms with Gasteiger partial charge in [0, 0.05) is 35.8 Å². The highest BCUT2D eigenvalue weighted by Gasteiger charge is 2.19. The van der Waals surface area contributed by atoms with Crippen molar-refractivity contribution in [3.63, 3.8) is 0 Å². The summed E-state index contributed by atoms with van der Waals surface area (Å²) in [6.45, 7) is 3.74. The minimum Gasteiger partial charge on any atom is -0.354 e. The summed E-state index contributed by atoms with van der Waals surface area (Å²) in [5.74, 6) is 0.344. The Bertz CT molecular complexity index is 764. The Kier molecular flexibility index (Phi) is 5.27. The van der Waals surface area contributed by atoms with Crippen molar-refractivity contribution in [1.29, 1.82) is 0 Å². The molecule has 1 aliphatic heterocycles. The molecule has 0 radical (unpaired) electrons. The third-order valence-corrected chi connectivity index (χ3v) is 5.02. The molecule has 24 heavy (non-hydrogen) atoms. The number of hydrogen-bond donors (Lipinski definition) is 4. The fourth-order valence-corrected chi connectivity index (χ4v) is 3.73. The van der Waals surface area contributed by atoms with Crippen LogP contribution in [0.1, 0.15) is 39.1 Å². The van der Waals surface area contributed by atoms with Gasteiger partial charge in [0.05, 0.1) is 4.88 Å². The second-order valence-electron chi connectivity index (χ2n) is 5.77. The normalized spacial score (nSPS) is 17.0.